The number of H-pyrrole nitrogens is 1. The second-order valence-electron chi connectivity index (χ2n) is 2.53. The summed E-state index contributed by atoms with van der Waals surface area (Å²) in [5, 5.41) is 0. The monoisotopic (exact) mass is 205 g/mol. The molecule has 0 bridgehead atoms. The van der Waals surface area contributed by atoms with Crippen molar-refractivity contribution in [2.75, 3.05) is 12.8 Å². The smallest absolute Gasteiger partial charge is 0.265 e. The van der Waals surface area contributed by atoms with E-state index in [0.717, 1.165) is 6.26 Å². The molecule has 74 valence electrons. The lowest BCUT2D eigenvalue weighted by Gasteiger charge is -2.11. The Hall–Kier alpha value is -0.920. The third-order valence-corrected chi connectivity index (χ3v) is 1.95. The highest BCUT2D eigenvalue weighted by atomic mass is 32.2. The van der Waals surface area contributed by atoms with Gasteiger partial charge >= 0.3 is 0 Å². The molecule has 1 aromatic rings. The molecule has 6 nitrogen and oxygen atoms in total. The summed E-state index contributed by atoms with van der Waals surface area (Å²) >= 11 is 0. The molecule has 1 aromatic heterocycles. The van der Waals surface area contributed by atoms with Gasteiger partial charge in [-0.1, -0.05) is 0 Å². The average molecular weight is 205 g/mol. The highest BCUT2D eigenvalue weighted by Gasteiger charge is 2.16. The molecule has 3 N–H and O–H groups in total. The van der Waals surface area contributed by atoms with Crippen LogP contribution in [0.5, 0.6) is 0 Å². The van der Waals surface area contributed by atoms with Crippen LogP contribution in [0.3, 0.4) is 0 Å². The van der Waals surface area contributed by atoms with Gasteiger partial charge in [-0.05, 0) is 0 Å². The van der Waals surface area contributed by atoms with E-state index in [-0.39, 0.29) is 6.54 Å². The van der Waals surface area contributed by atoms with E-state index >= 15 is 0 Å². The minimum atomic E-state index is -3.49. The number of rotatable bonds is 4. The predicted octanol–water partition coefficient (Wildman–Crippen LogP) is -0.614. The van der Waals surface area contributed by atoms with Crippen LogP contribution in [0.1, 0.15) is 11.8 Å². The fraction of sp³-hybridized carbons (Fsp3) is 0.500. The van der Waals surface area contributed by atoms with Gasteiger partial charge < -0.3 is 10.7 Å². The van der Waals surface area contributed by atoms with E-state index in [9.17, 15) is 8.42 Å². The molecular formula is C6H11N3O3S. The van der Waals surface area contributed by atoms with Crippen molar-refractivity contribution in [3.63, 3.8) is 0 Å². The van der Waals surface area contributed by atoms with Crippen molar-refractivity contribution in [3.05, 3.63) is 18.2 Å². The maximum atomic E-state index is 10.8. The van der Waals surface area contributed by atoms with Crippen LogP contribution in [0, 0.1) is 0 Å². The fourth-order valence-corrected chi connectivity index (χ4v) is 1.48. The molecule has 0 aliphatic rings. The Morgan fingerprint density at radius 1 is 1.77 bits per heavy atom. The van der Waals surface area contributed by atoms with Crippen molar-refractivity contribution < 1.29 is 12.6 Å². The van der Waals surface area contributed by atoms with Gasteiger partial charge in [0.2, 0.25) is 0 Å². The van der Waals surface area contributed by atoms with Crippen molar-refractivity contribution in [3.8, 4) is 0 Å². The summed E-state index contributed by atoms with van der Waals surface area (Å²) in [6, 6.07) is 0. The van der Waals surface area contributed by atoms with Gasteiger partial charge in [0.1, 0.15) is 6.10 Å². The third kappa shape index (κ3) is 3.13. The van der Waals surface area contributed by atoms with Crippen LogP contribution in [0.25, 0.3) is 0 Å². The molecule has 0 aliphatic heterocycles. The molecule has 0 spiro atoms. The van der Waals surface area contributed by atoms with Crippen LogP contribution in [0.15, 0.2) is 12.5 Å². The number of hydrogen-bond acceptors (Lipinski definition) is 5. The predicted molar refractivity (Wildman–Crippen MR) is 46.3 cm³/mol. The number of nitrogens with one attached hydrogen (secondary N) is 1. The van der Waals surface area contributed by atoms with Crippen molar-refractivity contribution in [2.24, 2.45) is 5.73 Å². The van der Waals surface area contributed by atoms with E-state index in [4.69, 9.17) is 9.92 Å². The molecule has 0 fully saturated rings. The van der Waals surface area contributed by atoms with Crippen LogP contribution >= 0.6 is 0 Å². The van der Waals surface area contributed by atoms with Crippen molar-refractivity contribution in [1.82, 2.24) is 9.97 Å². The molecule has 0 aromatic carbocycles. The average Bonchev–Trinajstić information content (AvgIpc) is 2.50. The maximum Gasteiger partial charge on any atom is 0.265 e. The van der Waals surface area contributed by atoms with Crippen LogP contribution in [0.4, 0.5) is 0 Å². The lowest BCUT2D eigenvalue weighted by molar-refractivity contribution is 0.219. The number of nitrogens with two attached hydrogens (primary N) is 1. The van der Waals surface area contributed by atoms with Gasteiger partial charge in [-0.15, -0.1) is 0 Å². The lowest BCUT2D eigenvalue weighted by atomic mass is 10.3. The second kappa shape index (κ2) is 3.86. The molecule has 0 amide bonds. The minimum absolute atomic E-state index is 0.0786. The molecular weight excluding hydrogens is 194 g/mol. The Labute approximate surface area is 76.2 Å². The highest BCUT2D eigenvalue weighted by Crippen LogP contribution is 2.14. The molecule has 0 saturated heterocycles. The van der Waals surface area contributed by atoms with Crippen LogP contribution in [-0.4, -0.2) is 31.2 Å². The van der Waals surface area contributed by atoms with Gasteiger partial charge in [0.25, 0.3) is 10.1 Å². The Kier molecular flexibility index (Phi) is 3.02. The van der Waals surface area contributed by atoms with E-state index in [0.29, 0.717) is 5.69 Å². The molecule has 1 atom stereocenters. The van der Waals surface area contributed by atoms with Gasteiger partial charge in [-0.3, -0.25) is 4.18 Å². The molecule has 1 unspecified atom stereocenters. The highest BCUT2D eigenvalue weighted by molar-refractivity contribution is 7.86. The first-order chi connectivity index (χ1) is 6.03. The van der Waals surface area contributed by atoms with Crippen molar-refractivity contribution in [1.29, 1.82) is 0 Å². The van der Waals surface area contributed by atoms with Crippen LogP contribution in [0.2, 0.25) is 0 Å². The first-order valence-electron chi connectivity index (χ1n) is 3.59. The third-order valence-electron chi connectivity index (χ3n) is 1.37. The zero-order valence-electron chi connectivity index (χ0n) is 7.10. The van der Waals surface area contributed by atoms with E-state index in [1.807, 2.05) is 0 Å². The van der Waals surface area contributed by atoms with Crippen molar-refractivity contribution >= 4 is 10.1 Å². The fourth-order valence-electron chi connectivity index (χ4n) is 0.872. The van der Waals surface area contributed by atoms with E-state index in [1.165, 1.54) is 12.5 Å². The van der Waals surface area contributed by atoms with Crippen LogP contribution < -0.4 is 5.73 Å². The van der Waals surface area contributed by atoms with E-state index < -0.39 is 16.2 Å². The number of imidazole rings is 1. The molecule has 7 heteroatoms. The summed E-state index contributed by atoms with van der Waals surface area (Å²) in [6.07, 6.45) is 3.20. The van der Waals surface area contributed by atoms with Crippen molar-refractivity contribution in [2.45, 2.75) is 6.10 Å². The number of aromatic amines is 1. The molecule has 13 heavy (non-hydrogen) atoms. The summed E-state index contributed by atoms with van der Waals surface area (Å²) in [5.41, 5.74) is 5.88. The molecule has 1 rings (SSSR count). The van der Waals surface area contributed by atoms with E-state index in [2.05, 4.69) is 9.97 Å². The van der Waals surface area contributed by atoms with Gasteiger partial charge in [-0.2, -0.15) is 8.42 Å². The summed E-state index contributed by atoms with van der Waals surface area (Å²) < 4.78 is 26.3. The van der Waals surface area contributed by atoms with Gasteiger partial charge in [0.15, 0.2) is 0 Å². The van der Waals surface area contributed by atoms with Gasteiger partial charge in [0, 0.05) is 6.54 Å². The molecule has 0 saturated carbocycles. The normalized spacial score (nSPS) is 14.3. The Balaban J connectivity index is 2.76. The SMILES string of the molecule is CS(=O)(=O)OC(CN)c1cnc[nH]1. The molecule has 1 heterocycles. The Morgan fingerprint density at radius 3 is 2.85 bits per heavy atom. The number of hydrogen-bond donors (Lipinski definition) is 2. The number of aromatic nitrogens is 2. The van der Waals surface area contributed by atoms with Gasteiger partial charge in [-0.25, -0.2) is 4.98 Å². The molecule has 0 radical (unpaired) electrons. The zero-order chi connectivity index (χ0) is 9.90. The quantitative estimate of drug-likeness (QED) is 0.639. The topological polar surface area (TPSA) is 98.1 Å². The first-order valence-corrected chi connectivity index (χ1v) is 5.41. The summed E-state index contributed by atoms with van der Waals surface area (Å²) in [4.78, 5) is 6.47. The summed E-state index contributed by atoms with van der Waals surface area (Å²) in [5.74, 6) is 0. The summed E-state index contributed by atoms with van der Waals surface area (Å²) in [6.45, 7) is 0.0786. The lowest BCUT2D eigenvalue weighted by Crippen LogP contribution is -2.19. The Bertz CT molecular complexity index is 345. The largest absolute Gasteiger partial charge is 0.346 e. The minimum Gasteiger partial charge on any atom is -0.346 e. The Morgan fingerprint density at radius 2 is 2.46 bits per heavy atom. The maximum absolute atomic E-state index is 10.8. The first kappa shape index (κ1) is 10.2. The van der Waals surface area contributed by atoms with E-state index in [1.54, 1.807) is 0 Å². The van der Waals surface area contributed by atoms with Gasteiger partial charge in [0.05, 0.1) is 24.5 Å². The standard InChI is InChI=1S/C6H11N3O3S/c1-13(10,11)12-6(2-7)5-3-8-4-9-5/h3-4,6H,2,7H2,1H3,(H,8,9). The molecule has 0 aliphatic carbocycles. The second-order valence-corrected chi connectivity index (χ2v) is 4.13. The zero-order valence-corrected chi connectivity index (χ0v) is 7.91. The number of nitrogens with zero attached hydrogens (tertiary/aromatic N) is 1. The summed E-state index contributed by atoms with van der Waals surface area (Å²) in [7, 11) is -3.49. The van der Waals surface area contributed by atoms with Crippen LogP contribution in [-0.2, 0) is 14.3 Å².